The van der Waals surface area contributed by atoms with E-state index in [1.54, 1.807) is 0 Å². The summed E-state index contributed by atoms with van der Waals surface area (Å²) in [6.07, 6.45) is 1.31. The van der Waals surface area contributed by atoms with Crippen molar-refractivity contribution in [1.29, 1.82) is 0 Å². The summed E-state index contributed by atoms with van der Waals surface area (Å²) in [5.41, 5.74) is 21.3. The summed E-state index contributed by atoms with van der Waals surface area (Å²) in [6.45, 7) is 0.610. The van der Waals surface area contributed by atoms with Gasteiger partial charge in [-0.1, -0.05) is 0 Å². The van der Waals surface area contributed by atoms with Crippen molar-refractivity contribution in [3.05, 3.63) is 0 Å². The van der Waals surface area contributed by atoms with Crippen molar-refractivity contribution < 1.29 is 33.9 Å². The van der Waals surface area contributed by atoms with E-state index in [1.807, 2.05) is 0 Å². The van der Waals surface area contributed by atoms with Crippen molar-refractivity contribution in [2.45, 2.75) is 75.5 Å². The van der Waals surface area contributed by atoms with Gasteiger partial charge in [0.2, 0.25) is 29.5 Å². The monoisotopic (exact) mass is 485 g/mol. The number of primary amides is 2. The Bertz CT molecular complexity index is 776. The first-order valence-electron chi connectivity index (χ1n) is 11.1. The number of carbonyl (C=O) groups is 6. The zero-order valence-electron chi connectivity index (χ0n) is 19.0. The predicted molar refractivity (Wildman–Crippen MR) is 119 cm³/mol. The van der Waals surface area contributed by atoms with E-state index in [9.17, 15) is 33.9 Å². The molecule has 1 rings (SSSR count). The zero-order chi connectivity index (χ0) is 25.8. The minimum atomic E-state index is -1.34. The van der Waals surface area contributed by atoms with Gasteiger partial charge in [-0.2, -0.15) is 0 Å². The number of amides is 5. The minimum Gasteiger partial charge on any atom is -0.480 e. The molecule has 1 saturated heterocycles. The summed E-state index contributed by atoms with van der Waals surface area (Å²) in [5, 5.41) is 14.2. The van der Waals surface area contributed by atoms with E-state index in [0.717, 1.165) is 0 Å². The van der Waals surface area contributed by atoms with Gasteiger partial charge in [0.05, 0.1) is 12.5 Å². The van der Waals surface area contributed by atoms with Gasteiger partial charge in [-0.05, 0) is 45.1 Å². The molecule has 1 heterocycles. The fraction of sp³-hybridized carbons (Fsp3) is 0.700. The second-order valence-electron chi connectivity index (χ2n) is 8.22. The van der Waals surface area contributed by atoms with Gasteiger partial charge in [-0.25, -0.2) is 4.79 Å². The van der Waals surface area contributed by atoms with E-state index >= 15 is 0 Å². The average Bonchev–Trinajstić information content (AvgIpc) is 3.24. The van der Waals surface area contributed by atoms with E-state index in [1.165, 1.54) is 4.90 Å². The third kappa shape index (κ3) is 9.31. The molecule has 192 valence electrons. The van der Waals surface area contributed by atoms with Gasteiger partial charge in [0.15, 0.2) is 0 Å². The Morgan fingerprint density at radius 2 is 1.65 bits per heavy atom. The Morgan fingerprint density at radius 3 is 2.21 bits per heavy atom. The average molecular weight is 486 g/mol. The van der Waals surface area contributed by atoms with Gasteiger partial charge in [-0.3, -0.25) is 24.0 Å². The molecule has 4 unspecified atom stereocenters. The Hall–Kier alpha value is -3.26. The molecule has 0 aromatic heterocycles. The first kappa shape index (κ1) is 28.8. The van der Waals surface area contributed by atoms with Crippen molar-refractivity contribution in [3.8, 4) is 0 Å². The number of hydrogen-bond donors (Lipinski definition) is 7. The highest BCUT2D eigenvalue weighted by atomic mass is 16.4. The van der Waals surface area contributed by atoms with Gasteiger partial charge in [0.1, 0.15) is 18.1 Å². The Labute approximate surface area is 197 Å². The second kappa shape index (κ2) is 14.1. The Kier molecular flexibility index (Phi) is 11.9. The molecule has 5 amide bonds. The molecule has 1 fully saturated rings. The molecule has 0 radical (unpaired) electrons. The van der Waals surface area contributed by atoms with Gasteiger partial charge in [0, 0.05) is 13.0 Å². The first-order valence-corrected chi connectivity index (χ1v) is 11.1. The molecular weight excluding hydrogens is 450 g/mol. The topological polar surface area (TPSA) is 254 Å². The lowest BCUT2D eigenvalue weighted by Gasteiger charge is -2.30. The maximum Gasteiger partial charge on any atom is 0.326 e. The Balaban J connectivity index is 2.94. The lowest BCUT2D eigenvalue weighted by molar-refractivity contribution is -0.145. The van der Waals surface area contributed by atoms with Gasteiger partial charge >= 0.3 is 5.97 Å². The van der Waals surface area contributed by atoms with Crippen molar-refractivity contribution in [1.82, 2.24) is 15.5 Å². The summed E-state index contributed by atoms with van der Waals surface area (Å²) >= 11 is 0. The number of nitrogens with two attached hydrogens (primary N) is 4. The number of nitrogens with zero attached hydrogens (tertiary/aromatic N) is 1. The molecule has 0 aromatic rings. The van der Waals surface area contributed by atoms with Crippen molar-refractivity contribution in [2.24, 2.45) is 22.9 Å². The largest absolute Gasteiger partial charge is 0.480 e. The smallest absolute Gasteiger partial charge is 0.326 e. The number of rotatable bonds is 15. The standard InChI is InChI=1S/C20H35N7O7/c21-8-2-1-4-12(25-17(30)11(22)10-16(24)29)19(32)27-9-3-5-14(27)18(31)26-13(20(33)34)6-7-15(23)28/h11-14H,1-10,21-22H2,(H2,23,28)(H2,24,29)(H,25,30)(H,26,31)(H,33,34). The van der Waals surface area contributed by atoms with Crippen molar-refractivity contribution >= 4 is 35.5 Å². The predicted octanol–water partition coefficient (Wildman–Crippen LogP) is -3.37. The molecule has 0 aromatic carbocycles. The maximum absolute atomic E-state index is 13.3. The van der Waals surface area contributed by atoms with E-state index in [0.29, 0.717) is 32.2 Å². The molecule has 1 aliphatic rings. The lowest BCUT2D eigenvalue weighted by Crippen LogP contribution is -2.57. The van der Waals surface area contributed by atoms with E-state index in [4.69, 9.17) is 22.9 Å². The van der Waals surface area contributed by atoms with Crippen LogP contribution in [0.4, 0.5) is 0 Å². The van der Waals surface area contributed by atoms with Crippen LogP contribution in [-0.2, 0) is 28.8 Å². The van der Waals surface area contributed by atoms with Crippen LogP contribution < -0.4 is 33.6 Å². The fourth-order valence-corrected chi connectivity index (χ4v) is 3.65. The summed E-state index contributed by atoms with van der Waals surface area (Å²) in [5.74, 6) is -4.75. The number of hydrogen-bond acceptors (Lipinski definition) is 8. The number of nitrogens with one attached hydrogen (secondary N) is 2. The van der Waals surface area contributed by atoms with Crippen LogP contribution in [0.1, 0.15) is 51.4 Å². The highest BCUT2D eigenvalue weighted by Crippen LogP contribution is 2.20. The number of carbonyl (C=O) groups excluding carboxylic acids is 5. The highest BCUT2D eigenvalue weighted by molar-refractivity contribution is 5.95. The number of unbranched alkanes of at least 4 members (excludes halogenated alkanes) is 1. The first-order chi connectivity index (χ1) is 16.0. The van der Waals surface area contributed by atoms with Crippen LogP contribution in [0, 0.1) is 0 Å². The van der Waals surface area contributed by atoms with Gasteiger partial charge in [0.25, 0.3) is 0 Å². The zero-order valence-corrected chi connectivity index (χ0v) is 19.0. The molecule has 11 N–H and O–H groups in total. The van der Waals surface area contributed by atoms with Crippen LogP contribution in [0.2, 0.25) is 0 Å². The number of carboxylic acids is 1. The lowest BCUT2D eigenvalue weighted by atomic mass is 10.1. The van der Waals surface area contributed by atoms with Crippen molar-refractivity contribution in [3.63, 3.8) is 0 Å². The van der Waals surface area contributed by atoms with Crippen LogP contribution in [0.3, 0.4) is 0 Å². The summed E-state index contributed by atoms with van der Waals surface area (Å²) in [6, 6.07) is -4.54. The van der Waals surface area contributed by atoms with E-state index in [2.05, 4.69) is 10.6 Å². The quantitative estimate of drug-likeness (QED) is 0.114. The van der Waals surface area contributed by atoms with Crippen LogP contribution in [0.25, 0.3) is 0 Å². The number of likely N-dealkylation sites (tertiary alicyclic amines) is 1. The van der Waals surface area contributed by atoms with Crippen LogP contribution in [-0.4, -0.2) is 82.8 Å². The SMILES string of the molecule is NCCCCC(NC(=O)C(N)CC(N)=O)C(=O)N1CCCC1C(=O)NC(CCC(N)=O)C(=O)O. The van der Waals surface area contributed by atoms with Crippen LogP contribution in [0.15, 0.2) is 0 Å². The van der Waals surface area contributed by atoms with E-state index < -0.39 is 66.1 Å². The molecule has 0 saturated carbocycles. The molecule has 0 aliphatic carbocycles. The molecule has 0 bridgehead atoms. The normalized spacial score (nSPS) is 17.9. The highest BCUT2D eigenvalue weighted by Gasteiger charge is 2.39. The molecule has 0 spiro atoms. The van der Waals surface area contributed by atoms with Crippen molar-refractivity contribution in [2.75, 3.05) is 13.1 Å². The van der Waals surface area contributed by atoms with Gasteiger partial charge in [-0.15, -0.1) is 0 Å². The molecular formula is C20H35N7O7. The molecule has 34 heavy (non-hydrogen) atoms. The van der Waals surface area contributed by atoms with Crippen LogP contribution >= 0.6 is 0 Å². The molecule has 14 nitrogen and oxygen atoms in total. The van der Waals surface area contributed by atoms with Gasteiger partial charge < -0.3 is 43.6 Å². The molecule has 4 atom stereocenters. The number of aliphatic carboxylic acids is 1. The molecule has 1 aliphatic heterocycles. The number of carboxylic acid groups (broad SMARTS) is 1. The minimum absolute atomic E-state index is 0.188. The molecule has 14 heteroatoms. The third-order valence-corrected chi connectivity index (χ3v) is 5.45. The maximum atomic E-state index is 13.3. The second-order valence-corrected chi connectivity index (χ2v) is 8.22. The summed E-state index contributed by atoms with van der Waals surface area (Å²) in [4.78, 5) is 73.2. The fourth-order valence-electron chi connectivity index (χ4n) is 3.65. The summed E-state index contributed by atoms with van der Waals surface area (Å²) in [7, 11) is 0. The third-order valence-electron chi connectivity index (χ3n) is 5.45. The summed E-state index contributed by atoms with van der Waals surface area (Å²) < 4.78 is 0. The Morgan fingerprint density at radius 1 is 0.971 bits per heavy atom. The van der Waals surface area contributed by atoms with Crippen LogP contribution in [0.5, 0.6) is 0 Å². The van der Waals surface area contributed by atoms with E-state index in [-0.39, 0.29) is 25.8 Å².